The number of nitrogens with two attached hydrogens (primary N) is 2. The Morgan fingerprint density at radius 2 is 1.32 bits per heavy atom. The Bertz CT molecular complexity index is 732. The number of hydrogen-bond donors (Lipinski definition) is 5. The van der Waals surface area contributed by atoms with Crippen LogP contribution in [0.15, 0.2) is 0 Å². The standard InChI is InChI=1S/C12H21NO3S.C9H20NO3P/c13-6-12(7-17(14,15)16)10-2-8-1-9(4-10)5-11(12)3-8;10-7-9(8-14(11,12)13)5-3-1-2-4-6-9/h8-11H,1-7,13H2,(H,14,15,16);1-8,10H2,(H2,11,12,13). The van der Waals surface area contributed by atoms with Crippen molar-refractivity contribution in [2.24, 2.45) is 46.0 Å². The predicted octanol–water partition coefficient (Wildman–Crippen LogP) is 2.74. The highest BCUT2D eigenvalue weighted by Gasteiger charge is 2.57. The van der Waals surface area contributed by atoms with Crippen molar-refractivity contribution in [3.05, 3.63) is 0 Å². The minimum atomic E-state index is -3.92. The summed E-state index contributed by atoms with van der Waals surface area (Å²) in [6.07, 6.45) is 12.0. The molecule has 0 unspecified atom stereocenters. The Hall–Kier alpha value is -0.0200. The third-order valence-electron chi connectivity index (χ3n) is 8.73. The summed E-state index contributed by atoms with van der Waals surface area (Å²) in [6, 6.07) is 0. The van der Waals surface area contributed by atoms with Crippen molar-refractivity contribution in [3.8, 4) is 0 Å². The average molecular weight is 481 g/mol. The zero-order valence-corrected chi connectivity index (χ0v) is 20.2. The summed E-state index contributed by atoms with van der Waals surface area (Å²) in [4.78, 5) is 18.0. The van der Waals surface area contributed by atoms with Gasteiger partial charge in [0, 0.05) is 5.41 Å². The van der Waals surface area contributed by atoms with Gasteiger partial charge in [-0.3, -0.25) is 9.12 Å². The molecule has 5 rings (SSSR count). The second-order valence-corrected chi connectivity index (χ2v) is 14.0. The van der Waals surface area contributed by atoms with Crippen molar-refractivity contribution in [3.63, 3.8) is 0 Å². The van der Waals surface area contributed by atoms with Gasteiger partial charge < -0.3 is 21.3 Å². The quantitative estimate of drug-likeness (QED) is 0.220. The molecule has 0 saturated heterocycles. The summed E-state index contributed by atoms with van der Waals surface area (Å²) in [5, 5.41) is 0. The lowest BCUT2D eigenvalue weighted by Gasteiger charge is -2.60. The van der Waals surface area contributed by atoms with Gasteiger partial charge in [0.1, 0.15) is 0 Å². The van der Waals surface area contributed by atoms with Gasteiger partial charge in [-0.25, -0.2) is 0 Å². The Balaban J connectivity index is 0.000000180. The molecule has 5 aliphatic carbocycles. The summed E-state index contributed by atoms with van der Waals surface area (Å²) in [7, 11) is -7.83. The number of rotatable bonds is 6. The van der Waals surface area contributed by atoms with Gasteiger partial charge in [-0.05, 0) is 87.1 Å². The van der Waals surface area contributed by atoms with Gasteiger partial charge in [0.2, 0.25) is 0 Å². The monoisotopic (exact) mass is 480 g/mol. The van der Waals surface area contributed by atoms with Gasteiger partial charge in [0.25, 0.3) is 10.1 Å². The molecule has 10 heteroatoms. The molecule has 4 bridgehead atoms. The Kier molecular flexibility index (Phi) is 8.00. The lowest BCUT2D eigenvalue weighted by atomic mass is 9.46. The zero-order valence-electron chi connectivity index (χ0n) is 18.5. The molecule has 31 heavy (non-hydrogen) atoms. The predicted molar refractivity (Wildman–Crippen MR) is 121 cm³/mol. The van der Waals surface area contributed by atoms with Crippen molar-refractivity contribution in [1.82, 2.24) is 0 Å². The first-order chi connectivity index (χ1) is 14.4. The maximum Gasteiger partial charge on any atom is 0.326 e. The zero-order chi connectivity index (χ0) is 22.9. The normalized spacial score (nSPS) is 37.1. The van der Waals surface area contributed by atoms with Crippen molar-refractivity contribution < 1.29 is 27.3 Å². The summed E-state index contributed by atoms with van der Waals surface area (Å²) in [5.41, 5.74) is 11.0. The largest absolute Gasteiger partial charge is 0.330 e. The molecular weight excluding hydrogens is 439 g/mol. The van der Waals surface area contributed by atoms with Crippen molar-refractivity contribution in [2.75, 3.05) is 25.0 Å². The van der Waals surface area contributed by atoms with Gasteiger partial charge in [-0.2, -0.15) is 8.42 Å². The van der Waals surface area contributed by atoms with E-state index < -0.39 is 17.7 Å². The van der Waals surface area contributed by atoms with Gasteiger partial charge in [-0.15, -0.1) is 0 Å². The highest BCUT2D eigenvalue weighted by atomic mass is 32.2. The minimum absolute atomic E-state index is 0.0312. The first kappa shape index (κ1) is 25.6. The van der Waals surface area contributed by atoms with Crippen LogP contribution >= 0.6 is 7.60 Å². The summed E-state index contributed by atoms with van der Waals surface area (Å²) < 4.78 is 42.8. The van der Waals surface area contributed by atoms with Gasteiger partial charge in [0.05, 0.1) is 11.9 Å². The van der Waals surface area contributed by atoms with Crippen molar-refractivity contribution >= 4 is 17.7 Å². The molecule has 0 heterocycles. The first-order valence-electron chi connectivity index (χ1n) is 11.8. The van der Waals surface area contributed by atoms with Crippen LogP contribution in [-0.2, 0) is 14.7 Å². The minimum Gasteiger partial charge on any atom is -0.330 e. The van der Waals surface area contributed by atoms with Crippen molar-refractivity contribution in [2.45, 2.75) is 70.6 Å². The molecule has 0 atom stereocenters. The Labute approximate surface area is 186 Å². The molecule has 0 amide bonds. The highest BCUT2D eigenvalue weighted by Crippen LogP contribution is 2.62. The fourth-order valence-electron chi connectivity index (χ4n) is 7.43. The smallest absolute Gasteiger partial charge is 0.326 e. The van der Waals surface area contributed by atoms with E-state index in [1.54, 1.807) is 0 Å². The second kappa shape index (κ2) is 9.69. The summed E-state index contributed by atoms with van der Waals surface area (Å²) >= 11 is 0. The third kappa shape index (κ3) is 6.31. The molecule has 182 valence electrons. The van der Waals surface area contributed by atoms with E-state index in [9.17, 15) is 17.5 Å². The lowest BCUT2D eigenvalue weighted by molar-refractivity contribution is -0.0911. The topological polar surface area (TPSA) is 164 Å². The molecule has 5 saturated carbocycles. The maximum absolute atomic E-state index is 11.3. The van der Waals surface area contributed by atoms with E-state index in [0.717, 1.165) is 63.2 Å². The number of hydrogen-bond acceptors (Lipinski definition) is 5. The Morgan fingerprint density at radius 1 is 0.839 bits per heavy atom. The molecule has 0 spiro atoms. The van der Waals surface area contributed by atoms with Crippen LogP contribution in [-0.4, -0.2) is 47.8 Å². The molecule has 0 aromatic rings. The van der Waals surface area contributed by atoms with Crippen LogP contribution < -0.4 is 11.5 Å². The first-order valence-corrected chi connectivity index (χ1v) is 15.2. The van der Waals surface area contributed by atoms with E-state index in [2.05, 4.69) is 0 Å². The van der Waals surface area contributed by atoms with E-state index in [4.69, 9.17) is 21.3 Å². The molecule has 5 aliphatic rings. The second-order valence-electron chi connectivity index (χ2n) is 10.9. The van der Waals surface area contributed by atoms with Crippen LogP contribution in [0.1, 0.15) is 70.6 Å². The highest BCUT2D eigenvalue weighted by molar-refractivity contribution is 7.85. The van der Waals surface area contributed by atoms with Gasteiger partial charge in [0.15, 0.2) is 0 Å². The van der Waals surface area contributed by atoms with Crippen LogP contribution in [0.5, 0.6) is 0 Å². The van der Waals surface area contributed by atoms with Crippen LogP contribution in [0.3, 0.4) is 0 Å². The molecule has 0 aromatic heterocycles. The van der Waals surface area contributed by atoms with Gasteiger partial charge >= 0.3 is 7.60 Å². The van der Waals surface area contributed by atoms with Crippen LogP contribution in [0.4, 0.5) is 0 Å². The average Bonchev–Trinajstić information content (AvgIpc) is 2.88. The fraction of sp³-hybridized carbons (Fsp3) is 1.00. The SMILES string of the molecule is NCC1(CP(=O)(O)O)CCCCCC1.NCC1(CS(=O)(=O)O)C2CC3CC(C2)CC1C3. The Morgan fingerprint density at radius 3 is 1.68 bits per heavy atom. The molecule has 8 nitrogen and oxygen atoms in total. The summed E-state index contributed by atoms with van der Waals surface area (Å²) in [6.45, 7) is 0.805. The molecule has 7 N–H and O–H groups in total. The van der Waals surface area contributed by atoms with Gasteiger partial charge in [-0.1, -0.05) is 25.7 Å². The van der Waals surface area contributed by atoms with E-state index in [1.807, 2.05) is 0 Å². The van der Waals surface area contributed by atoms with E-state index in [0.29, 0.717) is 24.9 Å². The van der Waals surface area contributed by atoms with Crippen LogP contribution in [0.2, 0.25) is 0 Å². The third-order valence-corrected chi connectivity index (χ3v) is 10.7. The van der Waals surface area contributed by atoms with Crippen molar-refractivity contribution in [1.29, 1.82) is 0 Å². The van der Waals surface area contributed by atoms with E-state index in [-0.39, 0.29) is 22.7 Å². The summed E-state index contributed by atoms with van der Waals surface area (Å²) in [5.74, 6) is 2.30. The van der Waals surface area contributed by atoms with Crippen LogP contribution in [0.25, 0.3) is 0 Å². The molecule has 0 radical (unpaired) electrons. The molecule has 0 aliphatic heterocycles. The van der Waals surface area contributed by atoms with Crippen LogP contribution in [0, 0.1) is 34.5 Å². The molecule has 0 aromatic carbocycles. The lowest BCUT2D eigenvalue weighted by Crippen LogP contribution is -2.58. The maximum atomic E-state index is 11.3. The van der Waals surface area contributed by atoms with E-state index in [1.165, 1.54) is 19.3 Å². The fourth-order valence-corrected chi connectivity index (χ4v) is 10.0. The molecule has 5 fully saturated rings. The molecular formula is C21H41N2O6PS. The van der Waals surface area contributed by atoms with E-state index >= 15 is 0 Å².